The van der Waals surface area contributed by atoms with Crippen molar-refractivity contribution in [1.82, 2.24) is 0 Å². The molecule has 1 aromatic rings. The summed E-state index contributed by atoms with van der Waals surface area (Å²) in [6.45, 7) is 5.81. The molecule has 2 N–H and O–H groups in total. The Morgan fingerprint density at radius 3 is 2.88 bits per heavy atom. The maximum absolute atomic E-state index is 5.84. The van der Waals surface area contributed by atoms with Gasteiger partial charge in [-0.05, 0) is 31.0 Å². The highest BCUT2D eigenvalue weighted by molar-refractivity contribution is 7.99. The van der Waals surface area contributed by atoms with E-state index < -0.39 is 0 Å². The summed E-state index contributed by atoms with van der Waals surface area (Å²) in [4.78, 5) is 1.27. The van der Waals surface area contributed by atoms with Gasteiger partial charge in [0, 0.05) is 23.3 Å². The van der Waals surface area contributed by atoms with E-state index in [1.807, 2.05) is 18.7 Å². The summed E-state index contributed by atoms with van der Waals surface area (Å²) < 4.78 is 5.44. The molecule has 0 heterocycles. The lowest BCUT2D eigenvalue weighted by Crippen LogP contribution is -2.04. The van der Waals surface area contributed by atoms with E-state index in [4.69, 9.17) is 10.5 Å². The Kier molecular flexibility index (Phi) is 6.53. The molecule has 2 nitrogen and oxygen atoms in total. The Labute approximate surface area is 103 Å². The van der Waals surface area contributed by atoms with Crippen molar-refractivity contribution in [2.24, 2.45) is 5.73 Å². The van der Waals surface area contributed by atoms with E-state index in [0.717, 1.165) is 25.4 Å². The van der Waals surface area contributed by atoms with Gasteiger partial charge in [-0.2, -0.15) is 0 Å². The van der Waals surface area contributed by atoms with Crippen molar-refractivity contribution in [2.45, 2.75) is 31.2 Å². The zero-order valence-corrected chi connectivity index (χ0v) is 10.9. The van der Waals surface area contributed by atoms with E-state index in [1.165, 1.54) is 10.5 Å². The van der Waals surface area contributed by atoms with E-state index in [1.54, 1.807) is 0 Å². The van der Waals surface area contributed by atoms with Gasteiger partial charge in [-0.3, -0.25) is 0 Å². The second-order valence-electron chi connectivity index (χ2n) is 3.82. The Morgan fingerprint density at radius 1 is 1.38 bits per heavy atom. The Morgan fingerprint density at radius 2 is 2.19 bits per heavy atom. The molecule has 0 aliphatic carbocycles. The van der Waals surface area contributed by atoms with Crippen LogP contribution in [0.2, 0.25) is 0 Å². The Bertz CT molecular complexity index is 302. The fourth-order valence-corrected chi connectivity index (χ4v) is 2.18. The minimum absolute atomic E-state index is 0.108. The SMILES string of the molecule is CCCOCCSc1cccc(C(C)N)c1. The average molecular weight is 239 g/mol. The molecule has 1 unspecified atom stereocenters. The summed E-state index contributed by atoms with van der Waals surface area (Å²) >= 11 is 1.82. The predicted octanol–water partition coefficient (Wildman–Crippen LogP) is 3.23. The predicted molar refractivity (Wildman–Crippen MR) is 70.9 cm³/mol. The van der Waals surface area contributed by atoms with E-state index in [9.17, 15) is 0 Å². The number of hydrogen-bond acceptors (Lipinski definition) is 3. The van der Waals surface area contributed by atoms with Crippen LogP contribution in [-0.4, -0.2) is 19.0 Å². The first-order valence-electron chi connectivity index (χ1n) is 5.80. The molecule has 0 spiro atoms. The molecule has 90 valence electrons. The third kappa shape index (κ3) is 5.01. The lowest BCUT2D eigenvalue weighted by molar-refractivity contribution is 0.151. The van der Waals surface area contributed by atoms with E-state index in [-0.39, 0.29) is 6.04 Å². The smallest absolute Gasteiger partial charge is 0.0560 e. The maximum atomic E-state index is 5.84. The highest BCUT2D eigenvalue weighted by atomic mass is 32.2. The molecule has 16 heavy (non-hydrogen) atoms. The van der Waals surface area contributed by atoms with Crippen molar-refractivity contribution in [3.05, 3.63) is 29.8 Å². The molecule has 0 fully saturated rings. The molecule has 0 aromatic heterocycles. The van der Waals surface area contributed by atoms with Crippen molar-refractivity contribution in [3.63, 3.8) is 0 Å². The lowest BCUT2D eigenvalue weighted by Gasteiger charge is -2.08. The van der Waals surface area contributed by atoms with Crippen LogP contribution in [0.1, 0.15) is 31.9 Å². The first-order chi connectivity index (χ1) is 7.74. The molecule has 0 saturated heterocycles. The number of benzene rings is 1. The maximum Gasteiger partial charge on any atom is 0.0560 e. The average Bonchev–Trinajstić information content (AvgIpc) is 2.29. The molecule has 1 rings (SSSR count). The number of nitrogens with two attached hydrogens (primary N) is 1. The van der Waals surface area contributed by atoms with E-state index >= 15 is 0 Å². The number of ether oxygens (including phenoxy) is 1. The topological polar surface area (TPSA) is 35.2 Å². The minimum Gasteiger partial charge on any atom is -0.381 e. The molecule has 1 atom stereocenters. The molecule has 0 amide bonds. The molecular weight excluding hydrogens is 218 g/mol. The molecule has 0 saturated carbocycles. The van der Waals surface area contributed by atoms with Gasteiger partial charge in [0.25, 0.3) is 0 Å². The molecule has 0 aliphatic rings. The second-order valence-corrected chi connectivity index (χ2v) is 4.99. The van der Waals surface area contributed by atoms with E-state index in [2.05, 4.69) is 31.2 Å². The molecule has 0 aliphatic heterocycles. The van der Waals surface area contributed by atoms with Gasteiger partial charge in [0.05, 0.1) is 6.61 Å². The molecule has 0 bridgehead atoms. The highest BCUT2D eigenvalue weighted by Crippen LogP contribution is 2.21. The van der Waals surface area contributed by atoms with E-state index in [0.29, 0.717) is 0 Å². The third-order valence-corrected chi connectivity index (χ3v) is 3.19. The summed E-state index contributed by atoms with van der Waals surface area (Å²) in [5.74, 6) is 1.00. The summed E-state index contributed by atoms with van der Waals surface area (Å²) in [5, 5.41) is 0. The summed E-state index contributed by atoms with van der Waals surface area (Å²) in [6, 6.07) is 8.53. The van der Waals surface area contributed by atoms with Crippen molar-refractivity contribution < 1.29 is 4.74 Å². The van der Waals surface area contributed by atoms with Gasteiger partial charge < -0.3 is 10.5 Å². The summed E-state index contributed by atoms with van der Waals surface area (Å²) in [6.07, 6.45) is 1.09. The van der Waals surface area contributed by atoms with Crippen molar-refractivity contribution in [1.29, 1.82) is 0 Å². The van der Waals surface area contributed by atoms with Crippen LogP contribution >= 0.6 is 11.8 Å². The fourth-order valence-electron chi connectivity index (χ4n) is 1.35. The van der Waals surface area contributed by atoms with Gasteiger partial charge in [-0.15, -0.1) is 11.8 Å². The highest BCUT2D eigenvalue weighted by Gasteiger charge is 2.00. The molecular formula is C13H21NOS. The van der Waals surface area contributed by atoms with Crippen LogP contribution < -0.4 is 5.73 Å². The van der Waals surface area contributed by atoms with Gasteiger partial charge in [0.2, 0.25) is 0 Å². The summed E-state index contributed by atoms with van der Waals surface area (Å²) in [5.41, 5.74) is 7.04. The van der Waals surface area contributed by atoms with Crippen LogP contribution in [-0.2, 0) is 4.74 Å². The zero-order chi connectivity index (χ0) is 11.8. The Balaban J connectivity index is 2.33. The van der Waals surface area contributed by atoms with Gasteiger partial charge in [-0.25, -0.2) is 0 Å². The minimum atomic E-state index is 0.108. The Hall–Kier alpha value is -0.510. The van der Waals surface area contributed by atoms with Crippen LogP contribution in [0.3, 0.4) is 0 Å². The van der Waals surface area contributed by atoms with Crippen molar-refractivity contribution in [3.8, 4) is 0 Å². The van der Waals surface area contributed by atoms with Crippen LogP contribution in [0.5, 0.6) is 0 Å². The lowest BCUT2D eigenvalue weighted by atomic mass is 10.1. The van der Waals surface area contributed by atoms with Crippen molar-refractivity contribution in [2.75, 3.05) is 19.0 Å². The van der Waals surface area contributed by atoms with Crippen LogP contribution in [0.25, 0.3) is 0 Å². The van der Waals surface area contributed by atoms with Gasteiger partial charge in [0.1, 0.15) is 0 Å². The van der Waals surface area contributed by atoms with Crippen LogP contribution in [0.15, 0.2) is 29.2 Å². The van der Waals surface area contributed by atoms with Gasteiger partial charge in [-0.1, -0.05) is 19.1 Å². The van der Waals surface area contributed by atoms with Crippen LogP contribution in [0.4, 0.5) is 0 Å². The first kappa shape index (κ1) is 13.6. The van der Waals surface area contributed by atoms with Gasteiger partial charge in [0.15, 0.2) is 0 Å². The molecule has 3 heteroatoms. The quantitative estimate of drug-likeness (QED) is 0.586. The number of hydrogen-bond donors (Lipinski definition) is 1. The normalized spacial score (nSPS) is 12.7. The molecule has 1 aromatic carbocycles. The fraction of sp³-hybridized carbons (Fsp3) is 0.538. The van der Waals surface area contributed by atoms with Crippen LogP contribution in [0, 0.1) is 0 Å². The first-order valence-corrected chi connectivity index (χ1v) is 6.78. The zero-order valence-electron chi connectivity index (χ0n) is 10.1. The van der Waals surface area contributed by atoms with Crippen molar-refractivity contribution >= 4 is 11.8 Å². The molecule has 0 radical (unpaired) electrons. The summed E-state index contributed by atoms with van der Waals surface area (Å²) in [7, 11) is 0. The largest absolute Gasteiger partial charge is 0.381 e. The number of rotatable bonds is 7. The number of thioether (sulfide) groups is 1. The van der Waals surface area contributed by atoms with Gasteiger partial charge >= 0.3 is 0 Å². The third-order valence-electron chi connectivity index (χ3n) is 2.23. The monoisotopic (exact) mass is 239 g/mol. The standard InChI is InChI=1S/C13H21NOS/c1-3-7-15-8-9-16-13-6-4-5-12(10-13)11(2)14/h4-6,10-11H,3,7-9,14H2,1-2H3. The second kappa shape index (κ2) is 7.71.